The molecule has 0 radical (unpaired) electrons. The summed E-state index contributed by atoms with van der Waals surface area (Å²) in [5.41, 5.74) is 1.61. The lowest BCUT2D eigenvalue weighted by molar-refractivity contribution is -0.124. The summed E-state index contributed by atoms with van der Waals surface area (Å²) >= 11 is 11.9. The Morgan fingerprint density at radius 1 is 1.19 bits per heavy atom. The molecule has 1 saturated carbocycles. The Morgan fingerprint density at radius 2 is 1.92 bits per heavy atom. The monoisotopic (exact) mass is 390 g/mol. The van der Waals surface area contributed by atoms with Gasteiger partial charge in [-0.05, 0) is 48.7 Å². The molecule has 1 aromatic carbocycles. The van der Waals surface area contributed by atoms with Crippen molar-refractivity contribution in [3.8, 4) is 0 Å². The smallest absolute Gasteiger partial charge is 0.257 e. The molecule has 1 aliphatic carbocycles. The molecule has 4 rings (SSSR count). The average Bonchev–Trinajstić information content (AvgIpc) is 2.95. The lowest BCUT2D eigenvalue weighted by Crippen LogP contribution is -2.21. The van der Waals surface area contributed by atoms with Crippen LogP contribution in [0.5, 0.6) is 0 Å². The number of anilines is 1. The predicted octanol–water partition coefficient (Wildman–Crippen LogP) is 3.98. The number of aromatic nitrogens is 3. The summed E-state index contributed by atoms with van der Waals surface area (Å²) < 4.78 is 1.89. The van der Waals surface area contributed by atoms with Gasteiger partial charge in [0.25, 0.3) is 5.91 Å². The van der Waals surface area contributed by atoms with Crippen molar-refractivity contribution in [2.75, 3.05) is 5.32 Å². The Balaban J connectivity index is 1.56. The molecule has 0 bridgehead atoms. The number of nitrogens with one attached hydrogen (secondary N) is 1. The van der Waals surface area contributed by atoms with Crippen LogP contribution in [0.15, 0.2) is 36.5 Å². The zero-order valence-corrected chi connectivity index (χ0v) is 15.2. The molecule has 2 heterocycles. The van der Waals surface area contributed by atoms with E-state index in [0.717, 1.165) is 24.3 Å². The van der Waals surface area contributed by atoms with Gasteiger partial charge in [0.05, 0.1) is 5.69 Å². The minimum Gasteiger partial charge on any atom is -0.378 e. The Kier molecular flexibility index (Phi) is 4.56. The third kappa shape index (κ3) is 3.28. The van der Waals surface area contributed by atoms with Crippen molar-refractivity contribution < 1.29 is 9.90 Å². The van der Waals surface area contributed by atoms with Gasteiger partial charge in [-0.15, -0.1) is 10.2 Å². The molecule has 0 aliphatic heterocycles. The highest BCUT2D eigenvalue weighted by Gasteiger charge is 2.25. The molecule has 26 heavy (non-hydrogen) atoms. The number of halogens is 2. The van der Waals surface area contributed by atoms with Gasteiger partial charge in [0.1, 0.15) is 5.82 Å². The molecular weight excluding hydrogens is 375 g/mol. The maximum absolute atomic E-state index is 12.4. The first-order valence-corrected chi connectivity index (χ1v) is 9.06. The third-order valence-corrected chi connectivity index (χ3v) is 5.05. The zero-order valence-electron chi connectivity index (χ0n) is 13.7. The van der Waals surface area contributed by atoms with Gasteiger partial charge < -0.3 is 10.4 Å². The van der Waals surface area contributed by atoms with Gasteiger partial charge in [-0.3, -0.25) is 9.20 Å². The van der Waals surface area contributed by atoms with E-state index in [-0.39, 0.29) is 0 Å². The normalized spacial score (nSPS) is 15.7. The molecule has 0 saturated heterocycles. The molecule has 8 heteroatoms. The number of aliphatic hydroxyl groups excluding tert-OH is 1. The second-order valence-corrected chi connectivity index (χ2v) is 7.30. The largest absolute Gasteiger partial charge is 0.378 e. The summed E-state index contributed by atoms with van der Waals surface area (Å²) in [7, 11) is 0. The van der Waals surface area contributed by atoms with Gasteiger partial charge in [0.15, 0.2) is 11.8 Å². The first-order chi connectivity index (χ1) is 12.5. The fourth-order valence-electron chi connectivity index (χ4n) is 3.02. The predicted molar refractivity (Wildman–Crippen MR) is 99.6 cm³/mol. The van der Waals surface area contributed by atoms with Gasteiger partial charge >= 0.3 is 0 Å². The van der Waals surface area contributed by atoms with Crippen LogP contribution in [0.3, 0.4) is 0 Å². The van der Waals surface area contributed by atoms with Crippen LogP contribution < -0.4 is 5.32 Å². The van der Waals surface area contributed by atoms with E-state index in [1.807, 2.05) is 4.40 Å². The molecule has 1 aliphatic rings. The van der Waals surface area contributed by atoms with E-state index in [1.165, 1.54) is 18.6 Å². The fraction of sp³-hybridized carbons (Fsp3) is 0.278. The fourth-order valence-corrected chi connectivity index (χ4v) is 3.57. The Morgan fingerprint density at radius 3 is 2.58 bits per heavy atom. The number of amides is 1. The highest BCUT2D eigenvalue weighted by Crippen LogP contribution is 2.35. The van der Waals surface area contributed by atoms with Crippen LogP contribution in [0.2, 0.25) is 10.0 Å². The first kappa shape index (κ1) is 17.3. The quantitative estimate of drug-likeness (QED) is 0.705. The van der Waals surface area contributed by atoms with Crippen LogP contribution in [-0.2, 0) is 4.79 Å². The number of aliphatic hydroxyl groups is 1. The molecular formula is C18H16Cl2N4O2. The summed E-state index contributed by atoms with van der Waals surface area (Å²) in [6.07, 6.45) is 3.80. The maximum atomic E-state index is 12.4. The van der Waals surface area contributed by atoms with Crippen LogP contribution in [0.25, 0.3) is 5.65 Å². The van der Waals surface area contributed by atoms with E-state index in [1.54, 1.807) is 24.4 Å². The number of hydrogen-bond donors (Lipinski definition) is 2. The zero-order chi connectivity index (χ0) is 18.3. The van der Waals surface area contributed by atoms with Crippen molar-refractivity contribution in [1.82, 2.24) is 14.6 Å². The SMILES string of the molecule is O=C(Nc1ccc2nnc(C3CCC3)n2c1)C(O)c1cc(Cl)cc(Cl)c1. The summed E-state index contributed by atoms with van der Waals surface area (Å²) in [5.74, 6) is 0.751. The number of carbonyl (C=O) groups is 1. The summed E-state index contributed by atoms with van der Waals surface area (Å²) in [4.78, 5) is 12.4. The standard InChI is InChI=1S/C18H16Cl2N4O2/c19-12-6-11(7-13(20)8-12)16(25)18(26)21-14-4-5-15-22-23-17(24(15)9-14)10-2-1-3-10/h4-10,16,25H,1-3H2,(H,21,26). The third-order valence-electron chi connectivity index (χ3n) is 4.62. The lowest BCUT2D eigenvalue weighted by atomic mass is 9.85. The van der Waals surface area contributed by atoms with Crippen LogP contribution in [0, 0.1) is 0 Å². The second kappa shape index (κ2) is 6.87. The Labute approximate surface area is 159 Å². The van der Waals surface area contributed by atoms with Gasteiger partial charge in [-0.25, -0.2) is 0 Å². The molecule has 3 aromatic rings. The van der Waals surface area contributed by atoms with Crippen molar-refractivity contribution in [2.24, 2.45) is 0 Å². The van der Waals surface area contributed by atoms with Gasteiger partial charge in [-0.1, -0.05) is 29.6 Å². The van der Waals surface area contributed by atoms with Crippen LogP contribution in [0.1, 0.15) is 42.7 Å². The molecule has 6 nitrogen and oxygen atoms in total. The summed E-state index contributed by atoms with van der Waals surface area (Å²) in [5, 5.41) is 22.2. The van der Waals surface area contributed by atoms with Crippen molar-refractivity contribution in [3.05, 3.63) is 58.0 Å². The lowest BCUT2D eigenvalue weighted by Gasteiger charge is -2.23. The minimum absolute atomic E-state index is 0.334. The molecule has 134 valence electrons. The number of benzene rings is 1. The molecule has 2 N–H and O–H groups in total. The van der Waals surface area contributed by atoms with E-state index in [0.29, 0.717) is 27.2 Å². The molecule has 2 aromatic heterocycles. The van der Waals surface area contributed by atoms with Crippen molar-refractivity contribution in [2.45, 2.75) is 31.3 Å². The molecule has 1 unspecified atom stereocenters. The van der Waals surface area contributed by atoms with Crippen molar-refractivity contribution in [3.63, 3.8) is 0 Å². The number of nitrogens with zero attached hydrogens (tertiary/aromatic N) is 3. The van der Waals surface area contributed by atoms with E-state index in [4.69, 9.17) is 23.2 Å². The number of carbonyl (C=O) groups excluding carboxylic acids is 1. The van der Waals surface area contributed by atoms with E-state index in [9.17, 15) is 9.90 Å². The topological polar surface area (TPSA) is 79.5 Å². The molecule has 1 atom stereocenters. The number of rotatable bonds is 4. The number of fused-ring (bicyclic) bond motifs is 1. The van der Waals surface area contributed by atoms with Gasteiger partial charge in [0.2, 0.25) is 0 Å². The Bertz CT molecular complexity index is 964. The maximum Gasteiger partial charge on any atom is 0.257 e. The molecule has 1 fully saturated rings. The van der Waals surface area contributed by atoms with Crippen LogP contribution >= 0.6 is 23.2 Å². The molecule has 1 amide bonds. The molecule has 0 spiro atoms. The van der Waals surface area contributed by atoms with Crippen molar-refractivity contribution >= 4 is 40.4 Å². The second-order valence-electron chi connectivity index (χ2n) is 6.43. The van der Waals surface area contributed by atoms with Crippen LogP contribution in [0.4, 0.5) is 5.69 Å². The highest BCUT2D eigenvalue weighted by atomic mass is 35.5. The van der Waals surface area contributed by atoms with E-state index < -0.39 is 12.0 Å². The van der Waals surface area contributed by atoms with Gasteiger partial charge in [0, 0.05) is 22.2 Å². The van der Waals surface area contributed by atoms with Gasteiger partial charge in [-0.2, -0.15) is 0 Å². The first-order valence-electron chi connectivity index (χ1n) is 8.31. The number of pyridine rings is 1. The van der Waals surface area contributed by atoms with E-state index >= 15 is 0 Å². The highest BCUT2D eigenvalue weighted by molar-refractivity contribution is 6.34. The van der Waals surface area contributed by atoms with Crippen LogP contribution in [-0.4, -0.2) is 25.6 Å². The number of hydrogen-bond acceptors (Lipinski definition) is 4. The van der Waals surface area contributed by atoms with E-state index in [2.05, 4.69) is 15.5 Å². The summed E-state index contributed by atoms with van der Waals surface area (Å²) in [6.45, 7) is 0. The average molecular weight is 391 g/mol. The summed E-state index contributed by atoms with van der Waals surface area (Å²) in [6, 6.07) is 8.07. The van der Waals surface area contributed by atoms with Crippen molar-refractivity contribution in [1.29, 1.82) is 0 Å². The Hall–Kier alpha value is -2.15. The minimum atomic E-state index is -1.38.